The van der Waals surface area contributed by atoms with Gasteiger partial charge in [0.15, 0.2) is 0 Å². The number of hydrogen-bond donors (Lipinski definition) is 1. The van der Waals surface area contributed by atoms with Gasteiger partial charge >= 0.3 is 5.97 Å². The standard InChI is InChI=1S/C11H12Br2O3/c1-6(11(15)16-2)10(14)7-3-4-8(12)9(13)5-7/h3-6,10,14H,1-2H3. The molecule has 3 nitrogen and oxygen atoms in total. The highest BCUT2D eigenvalue weighted by molar-refractivity contribution is 9.13. The summed E-state index contributed by atoms with van der Waals surface area (Å²) >= 11 is 6.68. The number of hydrogen-bond acceptors (Lipinski definition) is 3. The molecule has 0 aromatic heterocycles. The molecule has 0 fully saturated rings. The molecule has 2 atom stereocenters. The Kier molecular flexibility index (Phi) is 4.95. The monoisotopic (exact) mass is 350 g/mol. The molecule has 1 aromatic carbocycles. The van der Waals surface area contributed by atoms with Crippen molar-refractivity contribution in [2.75, 3.05) is 7.11 Å². The molecule has 1 N–H and O–H groups in total. The predicted molar refractivity (Wildman–Crippen MR) is 68.0 cm³/mol. The Bertz CT molecular complexity index is 393. The van der Waals surface area contributed by atoms with Crippen LogP contribution in [0.2, 0.25) is 0 Å². The third kappa shape index (κ3) is 3.06. The van der Waals surface area contributed by atoms with Crippen LogP contribution < -0.4 is 0 Å². The lowest BCUT2D eigenvalue weighted by Gasteiger charge is -2.17. The van der Waals surface area contributed by atoms with Gasteiger partial charge in [0.25, 0.3) is 0 Å². The van der Waals surface area contributed by atoms with Crippen LogP contribution in [0.5, 0.6) is 0 Å². The summed E-state index contributed by atoms with van der Waals surface area (Å²) in [6.07, 6.45) is -0.864. The van der Waals surface area contributed by atoms with E-state index in [1.54, 1.807) is 19.1 Å². The maximum Gasteiger partial charge on any atom is 0.311 e. The van der Waals surface area contributed by atoms with E-state index >= 15 is 0 Å². The molecule has 0 heterocycles. The first-order valence-electron chi connectivity index (χ1n) is 4.68. The van der Waals surface area contributed by atoms with Gasteiger partial charge < -0.3 is 9.84 Å². The molecule has 88 valence electrons. The van der Waals surface area contributed by atoms with Crippen molar-refractivity contribution >= 4 is 37.8 Å². The van der Waals surface area contributed by atoms with E-state index in [-0.39, 0.29) is 0 Å². The van der Waals surface area contributed by atoms with E-state index in [9.17, 15) is 9.90 Å². The summed E-state index contributed by atoms with van der Waals surface area (Å²) < 4.78 is 6.32. The SMILES string of the molecule is COC(=O)C(C)C(O)c1ccc(Br)c(Br)c1. The maximum atomic E-state index is 11.3. The van der Waals surface area contributed by atoms with E-state index in [4.69, 9.17) is 0 Å². The summed E-state index contributed by atoms with van der Waals surface area (Å²) in [5, 5.41) is 9.97. The number of ether oxygens (including phenoxy) is 1. The van der Waals surface area contributed by atoms with Crippen LogP contribution in [0, 0.1) is 5.92 Å². The molecule has 1 aromatic rings. The number of carbonyl (C=O) groups is 1. The second-order valence-corrected chi connectivity index (χ2v) is 5.14. The van der Waals surface area contributed by atoms with Crippen LogP contribution in [-0.2, 0) is 9.53 Å². The van der Waals surface area contributed by atoms with Gasteiger partial charge in [-0.1, -0.05) is 6.07 Å². The van der Waals surface area contributed by atoms with Gasteiger partial charge in [-0.2, -0.15) is 0 Å². The van der Waals surface area contributed by atoms with Crippen LogP contribution in [0.25, 0.3) is 0 Å². The molecular weight excluding hydrogens is 340 g/mol. The number of carbonyl (C=O) groups excluding carboxylic acids is 1. The quantitative estimate of drug-likeness (QED) is 0.851. The Balaban J connectivity index is 2.91. The van der Waals surface area contributed by atoms with Crippen molar-refractivity contribution in [3.8, 4) is 0 Å². The molecule has 5 heteroatoms. The fourth-order valence-corrected chi connectivity index (χ4v) is 1.94. The zero-order valence-corrected chi connectivity index (χ0v) is 12.1. The molecule has 0 saturated heterocycles. The van der Waals surface area contributed by atoms with Crippen LogP contribution in [0.1, 0.15) is 18.6 Å². The highest BCUT2D eigenvalue weighted by Gasteiger charge is 2.24. The van der Waals surface area contributed by atoms with Crippen LogP contribution in [0.3, 0.4) is 0 Å². The van der Waals surface area contributed by atoms with Crippen molar-refractivity contribution in [1.29, 1.82) is 0 Å². The van der Waals surface area contributed by atoms with Gasteiger partial charge in [0.1, 0.15) is 0 Å². The molecule has 0 amide bonds. The molecule has 1 rings (SSSR count). The van der Waals surface area contributed by atoms with E-state index < -0.39 is 18.0 Å². The summed E-state index contributed by atoms with van der Waals surface area (Å²) in [6, 6.07) is 5.35. The third-order valence-corrected chi connectivity index (χ3v) is 4.21. The maximum absolute atomic E-state index is 11.3. The smallest absolute Gasteiger partial charge is 0.311 e. The van der Waals surface area contributed by atoms with Gasteiger partial charge in [-0.25, -0.2) is 0 Å². The number of esters is 1. The molecule has 0 bridgehead atoms. The van der Waals surface area contributed by atoms with E-state index in [1.807, 2.05) is 6.07 Å². The summed E-state index contributed by atoms with van der Waals surface area (Å²) in [7, 11) is 1.31. The number of halogens is 2. The molecule has 0 saturated carbocycles. The molecule has 0 spiro atoms. The van der Waals surface area contributed by atoms with Crippen LogP contribution in [0.4, 0.5) is 0 Å². The number of rotatable bonds is 3. The van der Waals surface area contributed by atoms with Crippen molar-refractivity contribution in [2.24, 2.45) is 5.92 Å². The van der Waals surface area contributed by atoms with Gasteiger partial charge in [0.05, 0.1) is 19.1 Å². The predicted octanol–water partition coefficient (Wildman–Crippen LogP) is 3.05. The minimum absolute atomic E-state index is 0.424. The van der Waals surface area contributed by atoms with Gasteiger partial charge in [0.2, 0.25) is 0 Å². The highest BCUT2D eigenvalue weighted by atomic mass is 79.9. The highest BCUT2D eigenvalue weighted by Crippen LogP contribution is 2.29. The lowest BCUT2D eigenvalue weighted by Crippen LogP contribution is -2.20. The van der Waals surface area contributed by atoms with E-state index in [0.29, 0.717) is 5.56 Å². The molecular formula is C11H12Br2O3. The first kappa shape index (κ1) is 13.7. The van der Waals surface area contributed by atoms with Crippen LogP contribution >= 0.6 is 31.9 Å². The normalized spacial score (nSPS) is 14.3. The Morgan fingerprint density at radius 3 is 2.50 bits per heavy atom. The molecule has 0 radical (unpaired) electrons. The Morgan fingerprint density at radius 1 is 1.38 bits per heavy atom. The summed E-state index contributed by atoms with van der Waals surface area (Å²) in [5.41, 5.74) is 0.674. The Morgan fingerprint density at radius 2 is 2.00 bits per heavy atom. The van der Waals surface area contributed by atoms with Crippen molar-refractivity contribution in [3.05, 3.63) is 32.7 Å². The molecule has 0 aliphatic heterocycles. The number of aliphatic hydroxyl groups excluding tert-OH is 1. The largest absolute Gasteiger partial charge is 0.469 e. The van der Waals surface area contributed by atoms with Crippen molar-refractivity contribution in [1.82, 2.24) is 0 Å². The van der Waals surface area contributed by atoms with Gasteiger partial charge in [0, 0.05) is 8.95 Å². The topological polar surface area (TPSA) is 46.5 Å². The Hall–Kier alpha value is -0.390. The van der Waals surface area contributed by atoms with Crippen molar-refractivity contribution in [2.45, 2.75) is 13.0 Å². The summed E-state index contributed by atoms with van der Waals surface area (Å²) in [6.45, 7) is 1.63. The van der Waals surface area contributed by atoms with Crippen molar-refractivity contribution < 1.29 is 14.6 Å². The fraction of sp³-hybridized carbons (Fsp3) is 0.364. The minimum atomic E-state index is -0.864. The van der Waals surface area contributed by atoms with E-state index in [1.165, 1.54) is 7.11 Å². The van der Waals surface area contributed by atoms with Gasteiger partial charge in [-0.3, -0.25) is 4.79 Å². The average Bonchev–Trinajstić information content (AvgIpc) is 2.29. The van der Waals surface area contributed by atoms with Crippen LogP contribution in [-0.4, -0.2) is 18.2 Å². The lowest BCUT2D eigenvalue weighted by atomic mass is 9.98. The number of methoxy groups -OCH3 is 1. The zero-order chi connectivity index (χ0) is 12.3. The zero-order valence-electron chi connectivity index (χ0n) is 8.91. The molecule has 0 aliphatic carbocycles. The first-order chi connectivity index (χ1) is 7.47. The van der Waals surface area contributed by atoms with Crippen molar-refractivity contribution in [3.63, 3.8) is 0 Å². The van der Waals surface area contributed by atoms with Gasteiger partial charge in [-0.05, 0) is 56.5 Å². The van der Waals surface area contributed by atoms with Crippen LogP contribution in [0.15, 0.2) is 27.1 Å². The Labute approximate surface area is 111 Å². The molecule has 16 heavy (non-hydrogen) atoms. The average molecular weight is 352 g/mol. The van der Waals surface area contributed by atoms with E-state index in [2.05, 4.69) is 36.6 Å². The van der Waals surface area contributed by atoms with Gasteiger partial charge in [-0.15, -0.1) is 0 Å². The minimum Gasteiger partial charge on any atom is -0.469 e. The lowest BCUT2D eigenvalue weighted by molar-refractivity contribution is -0.148. The first-order valence-corrected chi connectivity index (χ1v) is 6.26. The molecule has 0 aliphatic rings. The third-order valence-electron chi connectivity index (χ3n) is 2.33. The van der Waals surface area contributed by atoms with E-state index in [0.717, 1.165) is 8.95 Å². The summed E-state index contributed by atoms with van der Waals surface area (Å²) in [5.74, 6) is -1.01. The second kappa shape index (κ2) is 5.80. The molecule has 2 unspecified atom stereocenters. The number of aliphatic hydroxyl groups is 1. The second-order valence-electron chi connectivity index (χ2n) is 3.43. The fourth-order valence-electron chi connectivity index (χ4n) is 1.30. The number of benzene rings is 1. The summed E-state index contributed by atoms with van der Waals surface area (Å²) in [4.78, 5) is 11.3.